The van der Waals surface area contributed by atoms with Gasteiger partial charge in [0.05, 0.1) is 5.60 Å². The molecule has 0 aromatic carbocycles. The Hall–Kier alpha value is -0.560. The van der Waals surface area contributed by atoms with Crippen LogP contribution in [0.5, 0.6) is 0 Å². The minimum Gasteiger partial charge on any atom is -0.381 e. The fraction of sp³-hybridized carbons (Fsp3) is 0.824. The van der Waals surface area contributed by atoms with Crippen LogP contribution in [0, 0.1) is 0 Å². The minimum atomic E-state index is 0.0866. The van der Waals surface area contributed by atoms with Gasteiger partial charge in [-0.3, -0.25) is 4.99 Å². The van der Waals surface area contributed by atoms with Crippen LogP contribution in [0.2, 0.25) is 0 Å². The molecule has 4 rings (SSSR count). The van der Waals surface area contributed by atoms with Crippen molar-refractivity contribution < 1.29 is 9.47 Å². The van der Waals surface area contributed by atoms with Crippen molar-refractivity contribution in [3.63, 3.8) is 0 Å². The molecule has 0 saturated carbocycles. The number of fused-ring (bicyclic) bond motifs is 1. The Kier molecular flexibility index (Phi) is 4.94. The lowest BCUT2D eigenvalue weighted by Gasteiger charge is -2.43. The summed E-state index contributed by atoms with van der Waals surface area (Å²) in [6.07, 6.45) is 6.66. The first kappa shape index (κ1) is 15.9. The lowest BCUT2D eigenvalue weighted by molar-refractivity contribution is -0.140. The van der Waals surface area contributed by atoms with Crippen molar-refractivity contribution in [2.75, 3.05) is 39.5 Å². The lowest BCUT2D eigenvalue weighted by atomic mass is 9.84. The fourth-order valence-electron chi connectivity index (χ4n) is 4.03. The highest BCUT2D eigenvalue weighted by atomic mass is 32.2. The molecule has 0 amide bonds. The summed E-state index contributed by atoms with van der Waals surface area (Å²) in [7, 11) is 0. The average Bonchev–Trinajstić information content (AvgIpc) is 2.99. The smallest absolute Gasteiger partial charge is 0.167 e. The number of amidine groups is 1. The van der Waals surface area contributed by atoms with E-state index in [0.29, 0.717) is 6.04 Å². The molecular formula is C17H27N3O2S. The van der Waals surface area contributed by atoms with Gasteiger partial charge >= 0.3 is 0 Å². The van der Waals surface area contributed by atoms with Crippen molar-refractivity contribution in [2.45, 2.75) is 50.2 Å². The molecular weight excluding hydrogens is 310 g/mol. The van der Waals surface area contributed by atoms with Crippen LogP contribution >= 0.6 is 11.8 Å². The van der Waals surface area contributed by atoms with Gasteiger partial charge < -0.3 is 19.7 Å². The number of ether oxygens (including phenoxy) is 2. The van der Waals surface area contributed by atoms with Crippen LogP contribution in [0.4, 0.5) is 0 Å². The van der Waals surface area contributed by atoms with Crippen LogP contribution < -0.4 is 5.32 Å². The van der Waals surface area contributed by atoms with Crippen molar-refractivity contribution in [3.8, 4) is 0 Å². The van der Waals surface area contributed by atoms with Crippen LogP contribution in [0.3, 0.4) is 0 Å². The first-order valence-electron chi connectivity index (χ1n) is 8.97. The molecule has 0 radical (unpaired) electrons. The number of hydrogen-bond acceptors (Lipinski definition) is 6. The van der Waals surface area contributed by atoms with E-state index in [2.05, 4.69) is 20.6 Å². The van der Waals surface area contributed by atoms with Crippen LogP contribution in [0.25, 0.3) is 0 Å². The summed E-state index contributed by atoms with van der Waals surface area (Å²) in [5.41, 5.74) is 1.53. The van der Waals surface area contributed by atoms with Crippen molar-refractivity contribution in [2.24, 2.45) is 4.99 Å². The van der Waals surface area contributed by atoms with Crippen molar-refractivity contribution >= 4 is 16.9 Å². The highest BCUT2D eigenvalue weighted by Gasteiger charge is 2.38. The molecule has 4 aliphatic rings. The van der Waals surface area contributed by atoms with Crippen molar-refractivity contribution in [3.05, 3.63) is 11.1 Å². The molecule has 0 unspecified atom stereocenters. The predicted molar refractivity (Wildman–Crippen MR) is 93.7 cm³/mol. The molecule has 0 aromatic heterocycles. The largest absolute Gasteiger partial charge is 0.381 e. The van der Waals surface area contributed by atoms with Gasteiger partial charge in [-0.05, 0) is 37.5 Å². The van der Waals surface area contributed by atoms with Gasteiger partial charge in [0.2, 0.25) is 0 Å². The van der Waals surface area contributed by atoms with Gasteiger partial charge in [-0.15, -0.1) is 0 Å². The van der Waals surface area contributed by atoms with E-state index in [-0.39, 0.29) is 5.60 Å². The topological polar surface area (TPSA) is 46.1 Å². The van der Waals surface area contributed by atoms with E-state index < -0.39 is 0 Å². The molecule has 2 fully saturated rings. The molecule has 1 atom stereocenters. The molecule has 128 valence electrons. The summed E-state index contributed by atoms with van der Waals surface area (Å²) in [5.74, 6) is 0. The zero-order valence-corrected chi connectivity index (χ0v) is 14.6. The van der Waals surface area contributed by atoms with E-state index in [1.807, 2.05) is 0 Å². The van der Waals surface area contributed by atoms with Gasteiger partial charge in [0.1, 0.15) is 0 Å². The summed E-state index contributed by atoms with van der Waals surface area (Å²) in [4.78, 5) is 7.00. The van der Waals surface area contributed by atoms with E-state index in [1.54, 1.807) is 11.8 Å². The molecule has 23 heavy (non-hydrogen) atoms. The van der Waals surface area contributed by atoms with Gasteiger partial charge in [0.25, 0.3) is 0 Å². The molecule has 1 N–H and O–H groups in total. The molecule has 1 spiro atoms. The molecule has 0 bridgehead atoms. The summed E-state index contributed by atoms with van der Waals surface area (Å²) in [5, 5.41) is 7.27. The number of hydrogen-bond donors (Lipinski definition) is 1. The van der Waals surface area contributed by atoms with Crippen molar-refractivity contribution in [1.82, 2.24) is 10.2 Å². The summed E-state index contributed by atoms with van der Waals surface area (Å²) in [6.45, 7) is 5.78. The highest BCUT2D eigenvalue weighted by Crippen LogP contribution is 2.34. The fourth-order valence-corrected chi connectivity index (χ4v) is 5.02. The van der Waals surface area contributed by atoms with E-state index in [4.69, 9.17) is 9.47 Å². The number of nitrogens with one attached hydrogen (secondary N) is 1. The molecule has 6 heteroatoms. The lowest BCUT2D eigenvalue weighted by Crippen LogP contribution is -2.50. The summed E-state index contributed by atoms with van der Waals surface area (Å²) >= 11 is 1.79. The van der Waals surface area contributed by atoms with E-state index in [9.17, 15) is 0 Å². The second-order valence-electron chi connectivity index (χ2n) is 6.93. The molecule has 5 nitrogen and oxygen atoms in total. The number of rotatable bonds is 4. The second-order valence-corrected chi connectivity index (χ2v) is 7.77. The Morgan fingerprint density at radius 3 is 3.17 bits per heavy atom. The second kappa shape index (κ2) is 7.13. The van der Waals surface area contributed by atoms with Gasteiger partial charge in [-0.2, -0.15) is 0 Å². The van der Waals surface area contributed by atoms with Crippen molar-refractivity contribution in [1.29, 1.82) is 0 Å². The maximum Gasteiger partial charge on any atom is 0.167 e. The maximum atomic E-state index is 6.13. The molecule has 4 heterocycles. The van der Waals surface area contributed by atoms with E-state index >= 15 is 0 Å². The van der Waals surface area contributed by atoms with Gasteiger partial charge in [-0.1, -0.05) is 11.8 Å². The molecule has 2 saturated heterocycles. The molecule has 0 aromatic rings. The first-order valence-corrected chi connectivity index (χ1v) is 9.85. The van der Waals surface area contributed by atoms with Gasteiger partial charge in [0, 0.05) is 57.6 Å². The molecule has 4 aliphatic heterocycles. The van der Waals surface area contributed by atoms with Gasteiger partial charge in [-0.25, -0.2) is 0 Å². The summed E-state index contributed by atoms with van der Waals surface area (Å²) < 4.78 is 11.6. The van der Waals surface area contributed by atoms with Crippen LogP contribution in [-0.2, 0) is 9.47 Å². The monoisotopic (exact) mass is 337 g/mol. The maximum absolute atomic E-state index is 6.13. The quantitative estimate of drug-likeness (QED) is 0.853. The van der Waals surface area contributed by atoms with Crippen LogP contribution in [-0.4, -0.2) is 61.2 Å². The summed E-state index contributed by atoms with van der Waals surface area (Å²) in [6, 6.07) is 0.589. The Balaban J connectivity index is 1.25. The standard InChI is InChI=1S/C17H27N3O2S/c1-6-19-16-20(8-1)15(13-23-16)2-7-18-14-3-9-22-17(12-14)4-10-21-11-5-17/h13-14,18H,1-12H2/t14-/m0/s1. The Morgan fingerprint density at radius 2 is 2.26 bits per heavy atom. The Bertz CT molecular complexity index is 483. The SMILES string of the molecule is C1=C(CCN[C@H]2CCOC3(CCOCC3)C2)N2CCCN=C2S1. The Labute approximate surface area is 142 Å². The van der Waals surface area contributed by atoms with E-state index in [1.165, 1.54) is 17.3 Å². The van der Waals surface area contributed by atoms with E-state index in [0.717, 1.165) is 71.6 Å². The highest BCUT2D eigenvalue weighted by molar-refractivity contribution is 8.16. The predicted octanol–water partition coefficient (Wildman–Crippen LogP) is 2.34. The van der Waals surface area contributed by atoms with Crippen LogP contribution in [0.1, 0.15) is 38.5 Å². The third-order valence-corrected chi connectivity index (χ3v) is 6.33. The zero-order chi connectivity index (χ0) is 15.5. The zero-order valence-electron chi connectivity index (χ0n) is 13.8. The average molecular weight is 337 g/mol. The molecule has 0 aliphatic carbocycles. The van der Waals surface area contributed by atoms with Crippen LogP contribution in [0.15, 0.2) is 16.1 Å². The Morgan fingerprint density at radius 1 is 1.35 bits per heavy atom. The minimum absolute atomic E-state index is 0.0866. The third kappa shape index (κ3) is 3.60. The third-order valence-electron chi connectivity index (χ3n) is 5.38. The van der Waals surface area contributed by atoms with Gasteiger partial charge in [0.15, 0.2) is 5.17 Å². The number of nitrogens with zero attached hydrogens (tertiary/aromatic N) is 2. The number of thioether (sulfide) groups is 1. The number of aliphatic imine (C=N–C) groups is 1. The normalized spacial score (nSPS) is 30.1. The first-order chi connectivity index (χ1) is 11.3.